The van der Waals surface area contributed by atoms with Crippen LogP contribution in [-0.4, -0.2) is 20.7 Å². The van der Waals surface area contributed by atoms with Crippen molar-refractivity contribution in [3.8, 4) is 0 Å². The van der Waals surface area contributed by atoms with Gasteiger partial charge >= 0.3 is 0 Å². The number of hydrogen-bond donors (Lipinski definition) is 0. The van der Waals surface area contributed by atoms with Gasteiger partial charge in [0.05, 0.1) is 6.10 Å². The van der Waals surface area contributed by atoms with Crippen molar-refractivity contribution in [2.75, 3.05) is 0 Å². The Morgan fingerprint density at radius 3 is 2.54 bits per heavy atom. The summed E-state index contributed by atoms with van der Waals surface area (Å²) in [6.45, 7) is 17.6. The van der Waals surface area contributed by atoms with Crippen molar-refractivity contribution >= 4 is 14.6 Å². The summed E-state index contributed by atoms with van der Waals surface area (Å²) in [4.78, 5) is 12.2. The van der Waals surface area contributed by atoms with Crippen molar-refractivity contribution in [1.29, 1.82) is 0 Å². The molecule has 0 radical (unpaired) electrons. The minimum absolute atomic E-state index is 0.222. The molecule has 2 aliphatic rings. The third kappa shape index (κ3) is 4.25. The van der Waals surface area contributed by atoms with E-state index in [9.17, 15) is 4.79 Å². The highest BCUT2D eigenvalue weighted by atomic mass is 28.4. The normalized spacial score (nSPS) is 35.0. The van der Waals surface area contributed by atoms with Gasteiger partial charge in [0.15, 0.2) is 8.32 Å². The SMILES string of the molecule is C=CCCCC1C=CC2C(O[Si](C)(C)C(C)(C)C)CCCC2C1(C)C=O. The molecule has 0 bridgehead atoms. The van der Waals surface area contributed by atoms with Gasteiger partial charge in [-0.25, -0.2) is 0 Å². The Labute approximate surface area is 162 Å². The predicted octanol–water partition coefficient (Wildman–Crippen LogP) is 6.54. The number of hydrogen-bond acceptors (Lipinski definition) is 2. The van der Waals surface area contributed by atoms with Crippen molar-refractivity contribution in [2.24, 2.45) is 23.2 Å². The first-order valence-electron chi connectivity index (χ1n) is 10.5. The average Bonchev–Trinajstić information content (AvgIpc) is 2.56. The molecule has 0 spiro atoms. The molecule has 0 aromatic carbocycles. The molecule has 0 saturated heterocycles. The Balaban J connectivity index is 2.23. The lowest BCUT2D eigenvalue weighted by molar-refractivity contribution is -0.125. The third-order valence-electron chi connectivity index (χ3n) is 7.49. The summed E-state index contributed by atoms with van der Waals surface area (Å²) >= 11 is 0. The van der Waals surface area contributed by atoms with E-state index in [1.54, 1.807) is 0 Å². The summed E-state index contributed by atoms with van der Waals surface area (Å²) < 4.78 is 6.84. The molecule has 0 amide bonds. The van der Waals surface area contributed by atoms with Crippen molar-refractivity contribution in [3.05, 3.63) is 24.8 Å². The Kier molecular flexibility index (Phi) is 6.77. The number of carbonyl (C=O) groups is 1. The minimum atomic E-state index is -1.80. The quantitative estimate of drug-likeness (QED) is 0.218. The molecule has 1 fully saturated rings. The molecule has 2 rings (SSSR count). The van der Waals surface area contributed by atoms with Gasteiger partial charge in [0.25, 0.3) is 0 Å². The third-order valence-corrected chi connectivity index (χ3v) is 12.0. The fourth-order valence-electron chi connectivity index (χ4n) is 4.67. The van der Waals surface area contributed by atoms with Crippen molar-refractivity contribution < 1.29 is 9.22 Å². The van der Waals surface area contributed by atoms with Crippen molar-refractivity contribution in [2.45, 2.75) is 90.5 Å². The number of unbranched alkanes of at least 4 members (excludes halogenated alkanes) is 1. The Hall–Kier alpha value is -0.673. The summed E-state index contributed by atoms with van der Waals surface area (Å²) in [5, 5.41) is 0.222. The maximum absolute atomic E-state index is 12.2. The maximum Gasteiger partial charge on any atom is 0.192 e. The standard InChI is InChI=1S/C23H40O2Si/c1-8-9-10-12-18-15-16-19-20(23(18,5)17-24)13-11-14-21(19)25-26(6,7)22(2,3)4/h8,15-21H,1,9-14H2,2-7H3. The topological polar surface area (TPSA) is 26.3 Å². The van der Waals surface area contributed by atoms with Crippen LogP contribution in [0.3, 0.4) is 0 Å². The molecule has 26 heavy (non-hydrogen) atoms. The molecule has 0 aliphatic heterocycles. The van der Waals surface area contributed by atoms with Crippen LogP contribution in [-0.2, 0) is 9.22 Å². The van der Waals surface area contributed by atoms with E-state index in [4.69, 9.17) is 4.43 Å². The lowest BCUT2D eigenvalue weighted by Gasteiger charge is -2.52. The zero-order valence-electron chi connectivity index (χ0n) is 17.9. The van der Waals surface area contributed by atoms with Crippen LogP contribution in [0, 0.1) is 23.2 Å². The van der Waals surface area contributed by atoms with Crippen LogP contribution >= 0.6 is 0 Å². The average molecular weight is 377 g/mol. The van der Waals surface area contributed by atoms with Crippen LogP contribution in [0.15, 0.2) is 24.8 Å². The van der Waals surface area contributed by atoms with Gasteiger partial charge in [-0.05, 0) is 62.1 Å². The highest BCUT2D eigenvalue weighted by Gasteiger charge is 2.51. The van der Waals surface area contributed by atoms with Gasteiger partial charge in [0.1, 0.15) is 6.29 Å². The van der Waals surface area contributed by atoms with E-state index >= 15 is 0 Å². The minimum Gasteiger partial charge on any atom is -0.413 e. The van der Waals surface area contributed by atoms with Crippen LogP contribution < -0.4 is 0 Å². The smallest absolute Gasteiger partial charge is 0.192 e. The molecule has 5 atom stereocenters. The largest absolute Gasteiger partial charge is 0.413 e. The highest BCUT2D eigenvalue weighted by molar-refractivity contribution is 6.74. The molecule has 0 N–H and O–H groups in total. The van der Waals surface area contributed by atoms with Gasteiger partial charge in [-0.1, -0.05) is 52.3 Å². The molecular formula is C23H40O2Si. The van der Waals surface area contributed by atoms with Crippen molar-refractivity contribution in [3.63, 3.8) is 0 Å². The van der Waals surface area contributed by atoms with E-state index in [0.29, 0.717) is 17.8 Å². The summed E-state index contributed by atoms with van der Waals surface area (Å²) in [6, 6.07) is 0. The second-order valence-electron chi connectivity index (χ2n) is 10.2. The highest BCUT2D eigenvalue weighted by Crippen LogP contribution is 2.52. The molecule has 3 heteroatoms. The van der Waals surface area contributed by atoms with Crippen LogP contribution in [0.2, 0.25) is 18.1 Å². The second kappa shape index (κ2) is 8.14. The zero-order valence-corrected chi connectivity index (χ0v) is 18.9. The predicted molar refractivity (Wildman–Crippen MR) is 114 cm³/mol. The Bertz CT molecular complexity index is 531. The van der Waals surface area contributed by atoms with Gasteiger partial charge in [0, 0.05) is 11.3 Å². The summed E-state index contributed by atoms with van der Waals surface area (Å²) in [5.41, 5.74) is -0.254. The molecule has 0 aromatic heterocycles. The number of rotatable bonds is 7. The summed E-state index contributed by atoms with van der Waals surface area (Å²) in [5.74, 6) is 1.17. The first-order valence-corrected chi connectivity index (χ1v) is 13.4. The fourth-order valence-corrected chi connectivity index (χ4v) is 6.05. The Morgan fingerprint density at radius 2 is 1.96 bits per heavy atom. The fraction of sp³-hybridized carbons (Fsp3) is 0.783. The zero-order chi connectivity index (χ0) is 19.6. The molecule has 0 aromatic rings. The number of allylic oxidation sites excluding steroid dienone is 2. The second-order valence-corrected chi connectivity index (χ2v) is 15.0. The maximum atomic E-state index is 12.2. The lowest BCUT2D eigenvalue weighted by Crippen LogP contribution is -2.52. The van der Waals surface area contributed by atoms with Gasteiger partial charge in [0.2, 0.25) is 0 Å². The molecule has 2 nitrogen and oxygen atoms in total. The van der Waals surface area contributed by atoms with Gasteiger partial charge in [-0.3, -0.25) is 0 Å². The van der Waals surface area contributed by atoms with Crippen LogP contribution in [0.4, 0.5) is 0 Å². The van der Waals surface area contributed by atoms with E-state index in [-0.39, 0.29) is 16.6 Å². The molecule has 1 saturated carbocycles. The van der Waals surface area contributed by atoms with E-state index in [1.165, 1.54) is 12.7 Å². The molecule has 148 valence electrons. The monoisotopic (exact) mass is 376 g/mol. The van der Waals surface area contributed by atoms with Gasteiger partial charge in [-0.15, -0.1) is 6.58 Å². The van der Waals surface area contributed by atoms with Gasteiger partial charge < -0.3 is 9.22 Å². The molecule has 5 unspecified atom stereocenters. The Morgan fingerprint density at radius 1 is 1.27 bits per heavy atom. The number of fused-ring (bicyclic) bond motifs is 1. The lowest BCUT2D eigenvalue weighted by atomic mass is 9.55. The van der Waals surface area contributed by atoms with Crippen LogP contribution in [0.5, 0.6) is 0 Å². The van der Waals surface area contributed by atoms with Crippen LogP contribution in [0.1, 0.15) is 66.2 Å². The molecule has 0 heterocycles. The van der Waals surface area contributed by atoms with E-state index in [0.717, 1.165) is 32.1 Å². The first-order chi connectivity index (χ1) is 12.1. The van der Waals surface area contributed by atoms with E-state index in [1.807, 2.05) is 6.08 Å². The number of aldehydes is 1. The number of carbonyl (C=O) groups excluding carboxylic acids is 1. The van der Waals surface area contributed by atoms with E-state index < -0.39 is 8.32 Å². The first kappa shape index (κ1) is 21.6. The van der Waals surface area contributed by atoms with E-state index in [2.05, 4.69) is 59.5 Å². The molecule has 2 aliphatic carbocycles. The summed E-state index contributed by atoms with van der Waals surface area (Å²) in [7, 11) is -1.80. The van der Waals surface area contributed by atoms with Crippen molar-refractivity contribution in [1.82, 2.24) is 0 Å². The summed E-state index contributed by atoms with van der Waals surface area (Å²) in [6.07, 6.45) is 15.0. The van der Waals surface area contributed by atoms with Gasteiger partial charge in [-0.2, -0.15) is 0 Å². The van der Waals surface area contributed by atoms with Crippen LogP contribution in [0.25, 0.3) is 0 Å². The molecular weight excluding hydrogens is 336 g/mol.